The molecule has 0 unspecified atom stereocenters. The minimum atomic E-state index is -4.31. The Labute approximate surface area is 170 Å². The van der Waals surface area contributed by atoms with Gasteiger partial charge >= 0.3 is 0 Å². The second-order valence-electron chi connectivity index (χ2n) is 6.16. The lowest BCUT2D eigenvalue weighted by Gasteiger charge is -2.25. The van der Waals surface area contributed by atoms with E-state index in [-0.39, 0.29) is 22.2 Å². The molecule has 2 aromatic carbocycles. The Hall–Kier alpha value is -3.66. The van der Waals surface area contributed by atoms with Gasteiger partial charge in [-0.1, -0.05) is 6.07 Å². The van der Waals surface area contributed by atoms with E-state index in [1.165, 1.54) is 31.5 Å². The number of hydrogen-bond acceptors (Lipinski definition) is 6. The molecule has 0 aliphatic heterocycles. The lowest BCUT2D eigenvalue weighted by atomic mass is 10.2. The summed E-state index contributed by atoms with van der Waals surface area (Å²) in [6.07, 6.45) is 5.63. The zero-order chi connectivity index (χ0) is 21.3. The number of aromatic nitrogens is 3. The SMILES string of the molecule is COc1cc(F)c(F)cc1N(c1ccncn1)S(=O)(=O)c1ccc2cnccc2c1. The largest absolute Gasteiger partial charge is 0.494 e. The van der Waals surface area contributed by atoms with Gasteiger partial charge in [0.1, 0.15) is 17.8 Å². The van der Waals surface area contributed by atoms with Crippen LogP contribution in [0, 0.1) is 11.6 Å². The maximum atomic E-state index is 14.1. The molecule has 152 valence electrons. The van der Waals surface area contributed by atoms with Crippen LogP contribution >= 0.6 is 0 Å². The lowest BCUT2D eigenvalue weighted by molar-refractivity contribution is 0.407. The molecule has 0 aliphatic rings. The van der Waals surface area contributed by atoms with Crippen LogP contribution in [0.25, 0.3) is 10.8 Å². The van der Waals surface area contributed by atoms with E-state index in [2.05, 4.69) is 15.0 Å². The maximum Gasteiger partial charge on any atom is 0.270 e. The average molecular weight is 428 g/mol. The van der Waals surface area contributed by atoms with Crippen molar-refractivity contribution in [3.05, 3.63) is 79.0 Å². The number of nitrogens with zero attached hydrogens (tertiary/aromatic N) is 4. The van der Waals surface area contributed by atoms with E-state index in [4.69, 9.17) is 4.74 Å². The molecule has 4 rings (SSSR count). The first-order chi connectivity index (χ1) is 14.4. The van der Waals surface area contributed by atoms with Gasteiger partial charge in [-0.15, -0.1) is 0 Å². The van der Waals surface area contributed by atoms with E-state index in [1.807, 2.05) is 0 Å². The monoisotopic (exact) mass is 428 g/mol. The number of benzene rings is 2. The molecule has 30 heavy (non-hydrogen) atoms. The molecule has 0 amide bonds. The molecule has 7 nitrogen and oxygen atoms in total. The van der Waals surface area contributed by atoms with Gasteiger partial charge in [0.15, 0.2) is 17.5 Å². The van der Waals surface area contributed by atoms with Crippen LogP contribution in [0.2, 0.25) is 0 Å². The minimum Gasteiger partial charge on any atom is -0.494 e. The van der Waals surface area contributed by atoms with Gasteiger partial charge in [0.2, 0.25) is 0 Å². The fourth-order valence-corrected chi connectivity index (χ4v) is 4.43. The number of fused-ring (bicyclic) bond motifs is 1. The Kier molecular flexibility index (Phi) is 5.00. The van der Waals surface area contributed by atoms with Gasteiger partial charge < -0.3 is 4.74 Å². The highest BCUT2D eigenvalue weighted by molar-refractivity contribution is 7.93. The van der Waals surface area contributed by atoms with Gasteiger partial charge in [-0.2, -0.15) is 0 Å². The van der Waals surface area contributed by atoms with Crippen LogP contribution in [0.3, 0.4) is 0 Å². The molecule has 0 bridgehead atoms. The second kappa shape index (κ2) is 7.64. The molecule has 0 fully saturated rings. The van der Waals surface area contributed by atoms with Crippen LogP contribution < -0.4 is 9.04 Å². The third-order valence-electron chi connectivity index (χ3n) is 4.37. The zero-order valence-electron chi connectivity index (χ0n) is 15.5. The predicted molar refractivity (Wildman–Crippen MR) is 106 cm³/mol. The molecule has 2 heterocycles. The number of halogens is 2. The van der Waals surface area contributed by atoms with Crippen molar-refractivity contribution in [3.63, 3.8) is 0 Å². The van der Waals surface area contributed by atoms with Crippen LogP contribution in [0.15, 0.2) is 72.3 Å². The molecule has 10 heteroatoms. The Morgan fingerprint density at radius 2 is 1.70 bits per heavy atom. The van der Waals surface area contributed by atoms with Crippen molar-refractivity contribution in [1.82, 2.24) is 15.0 Å². The summed E-state index contributed by atoms with van der Waals surface area (Å²) in [5.74, 6) is -2.65. The van der Waals surface area contributed by atoms with E-state index in [0.717, 1.165) is 28.2 Å². The van der Waals surface area contributed by atoms with Gasteiger partial charge in [0.05, 0.1) is 12.0 Å². The molecule has 0 N–H and O–H groups in total. The number of rotatable bonds is 5. The normalized spacial score (nSPS) is 11.4. The first-order valence-electron chi connectivity index (χ1n) is 8.60. The highest BCUT2D eigenvalue weighted by Gasteiger charge is 2.31. The van der Waals surface area contributed by atoms with Gasteiger partial charge in [0, 0.05) is 42.2 Å². The highest BCUT2D eigenvalue weighted by Crippen LogP contribution is 2.39. The third kappa shape index (κ3) is 3.41. The van der Waals surface area contributed by atoms with E-state index in [1.54, 1.807) is 24.5 Å². The van der Waals surface area contributed by atoms with Crippen molar-refractivity contribution in [2.75, 3.05) is 11.4 Å². The van der Waals surface area contributed by atoms with Crippen molar-refractivity contribution in [1.29, 1.82) is 0 Å². The van der Waals surface area contributed by atoms with E-state index in [9.17, 15) is 17.2 Å². The number of pyridine rings is 1. The number of methoxy groups -OCH3 is 1. The van der Waals surface area contributed by atoms with Crippen LogP contribution in [0.1, 0.15) is 0 Å². The van der Waals surface area contributed by atoms with Crippen LogP contribution in [-0.4, -0.2) is 30.5 Å². The lowest BCUT2D eigenvalue weighted by Crippen LogP contribution is -2.28. The molecule has 4 aromatic rings. The summed E-state index contributed by atoms with van der Waals surface area (Å²) >= 11 is 0. The summed E-state index contributed by atoms with van der Waals surface area (Å²) in [5.41, 5.74) is -0.232. The number of anilines is 2. The number of sulfonamides is 1. The molecular formula is C20H14F2N4O3S. The first kappa shape index (κ1) is 19.6. The number of ether oxygens (including phenoxy) is 1. The minimum absolute atomic E-state index is 0.0656. The van der Waals surface area contributed by atoms with Crippen LogP contribution in [0.5, 0.6) is 5.75 Å². The topological polar surface area (TPSA) is 85.3 Å². The Bertz CT molecular complexity index is 1330. The molecule has 0 saturated heterocycles. The molecule has 0 radical (unpaired) electrons. The molecule has 0 spiro atoms. The Morgan fingerprint density at radius 3 is 2.43 bits per heavy atom. The molecule has 0 atom stereocenters. The number of hydrogen-bond donors (Lipinski definition) is 0. The molecule has 2 aromatic heterocycles. The summed E-state index contributed by atoms with van der Waals surface area (Å²) < 4.78 is 61.0. The van der Waals surface area contributed by atoms with Crippen LogP contribution in [-0.2, 0) is 10.0 Å². The van der Waals surface area contributed by atoms with E-state index >= 15 is 0 Å². The summed E-state index contributed by atoms with van der Waals surface area (Å²) in [5, 5.41) is 1.39. The van der Waals surface area contributed by atoms with Gasteiger partial charge in [-0.05, 0) is 23.6 Å². The van der Waals surface area contributed by atoms with Gasteiger partial charge in [-0.25, -0.2) is 31.5 Å². The highest BCUT2D eigenvalue weighted by atomic mass is 32.2. The summed E-state index contributed by atoms with van der Waals surface area (Å²) in [6, 6.07) is 9.01. The third-order valence-corrected chi connectivity index (χ3v) is 6.08. The van der Waals surface area contributed by atoms with Crippen molar-refractivity contribution < 1.29 is 21.9 Å². The smallest absolute Gasteiger partial charge is 0.270 e. The zero-order valence-corrected chi connectivity index (χ0v) is 16.3. The predicted octanol–water partition coefficient (Wildman–Crippen LogP) is 3.84. The first-order valence-corrected chi connectivity index (χ1v) is 10.0. The van der Waals surface area contributed by atoms with Gasteiger partial charge in [-0.3, -0.25) is 4.98 Å². The maximum absolute atomic E-state index is 14.1. The summed E-state index contributed by atoms with van der Waals surface area (Å²) in [6.45, 7) is 0. The van der Waals surface area contributed by atoms with Crippen molar-refractivity contribution in [3.8, 4) is 5.75 Å². The van der Waals surface area contributed by atoms with E-state index in [0.29, 0.717) is 5.39 Å². The molecule has 0 saturated carbocycles. The van der Waals surface area contributed by atoms with Crippen molar-refractivity contribution in [2.24, 2.45) is 0 Å². The van der Waals surface area contributed by atoms with E-state index < -0.39 is 21.7 Å². The Balaban J connectivity index is 1.97. The Morgan fingerprint density at radius 1 is 0.933 bits per heavy atom. The van der Waals surface area contributed by atoms with Crippen molar-refractivity contribution in [2.45, 2.75) is 4.90 Å². The van der Waals surface area contributed by atoms with Crippen molar-refractivity contribution >= 4 is 32.3 Å². The van der Waals surface area contributed by atoms with Crippen LogP contribution in [0.4, 0.5) is 20.3 Å². The molecular weight excluding hydrogens is 414 g/mol. The summed E-state index contributed by atoms with van der Waals surface area (Å²) in [4.78, 5) is 11.7. The molecule has 0 aliphatic carbocycles. The summed E-state index contributed by atoms with van der Waals surface area (Å²) in [7, 11) is -3.08. The second-order valence-corrected chi connectivity index (χ2v) is 7.95. The fraction of sp³-hybridized carbons (Fsp3) is 0.0500. The fourth-order valence-electron chi connectivity index (χ4n) is 2.95. The quantitative estimate of drug-likeness (QED) is 0.480. The van der Waals surface area contributed by atoms with Gasteiger partial charge in [0.25, 0.3) is 10.0 Å². The average Bonchev–Trinajstić information content (AvgIpc) is 2.76. The standard InChI is InChI=1S/C20H14F2N4O3S/c1-29-19-10-17(22)16(21)9-18(19)26(20-5-7-24-12-25-20)30(27,28)15-3-2-14-11-23-6-4-13(14)8-15/h2-12H,1H3.